The molecule has 1 heterocycles. The minimum atomic E-state index is -0.547. The predicted molar refractivity (Wildman–Crippen MR) is 80.6 cm³/mol. The zero-order chi connectivity index (χ0) is 14.2. The second kappa shape index (κ2) is 7.67. The zero-order valence-corrected chi connectivity index (χ0v) is 11.9. The molecule has 2 aromatic rings. The number of aliphatic hydroxyl groups excluding tert-OH is 1. The molecule has 2 rings (SSSR count). The largest absolute Gasteiger partial charge is 0.388 e. The first kappa shape index (κ1) is 14.6. The van der Waals surface area contributed by atoms with Gasteiger partial charge in [0.05, 0.1) is 12.6 Å². The molecule has 0 aliphatic heterocycles. The molecule has 3 N–H and O–H groups in total. The lowest BCUT2D eigenvalue weighted by Gasteiger charge is -2.12. The number of rotatable bonds is 6. The van der Waals surface area contributed by atoms with E-state index in [9.17, 15) is 9.90 Å². The molecule has 1 aromatic heterocycles. The van der Waals surface area contributed by atoms with Crippen molar-refractivity contribution in [2.45, 2.75) is 19.1 Å². The summed E-state index contributed by atoms with van der Waals surface area (Å²) in [5.74, 6) is 0. The Balaban J connectivity index is 1.64. The fourth-order valence-electron chi connectivity index (χ4n) is 1.81. The van der Waals surface area contributed by atoms with Gasteiger partial charge in [-0.15, -0.1) is 11.3 Å². The number of thiophene rings is 1. The van der Waals surface area contributed by atoms with Gasteiger partial charge < -0.3 is 15.7 Å². The summed E-state index contributed by atoms with van der Waals surface area (Å²) in [5, 5.41) is 17.4. The van der Waals surface area contributed by atoms with E-state index in [-0.39, 0.29) is 6.03 Å². The number of carbonyl (C=O) groups is 1. The number of urea groups is 1. The van der Waals surface area contributed by atoms with Crippen LogP contribution in [0.3, 0.4) is 0 Å². The molecule has 0 saturated heterocycles. The number of hydrogen-bond acceptors (Lipinski definition) is 3. The van der Waals surface area contributed by atoms with Crippen LogP contribution < -0.4 is 10.6 Å². The van der Waals surface area contributed by atoms with Gasteiger partial charge in [0.25, 0.3) is 0 Å². The zero-order valence-electron chi connectivity index (χ0n) is 11.1. The molecule has 4 nitrogen and oxygen atoms in total. The molecule has 0 spiro atoms. The van der Waals surface area contributed by atoms with Crippen molar-refractivity contribution in [1.82, 2.24) is 10.6 Å². The topological polar surface area (TPSA) is 61.4 Å². The van der Waals surface area contributed by atoms with E-state index in [2.05, 4.69) is 10.6 Å². The van der Waals surface area contributed by atoms with Crippen molar-refractivity contribution in [2.75, 3.05) is 6.54 Å². The molecular formula is C15H18N2O2S. The Morgan fingerprint density at radius 2 is 1.95 bits per heavy atom. The number of hydrogen-bond donors (Lipinski definition) is 3. The van der Waals surface area contributed by atoms with E-state index in [0.29, 0.717) is 19.5 Å². The number of carbonyl (C=O) groups excluding carboxylic acids is 1. The van der Waals surface area contributed by atoms with E-state index >= 15 is 0 Å². The maximum Gasteiger partial charge on any atom is 0.315 e. The Hall–Kier alpha value is -1.85. The van der Waals surface area contributed by atoms with Gasteiger partial charge in [-0.1, -0.05) is 36.4 Å². The van der Waals surface area contributed by atoms with Gasteiger partial charge >= 0.3 is 6.03 Å². The van der Waals surface area contributed by atoms with Crippen LogP contribution in [0.1, 0.15) is 23.0 Å². The molecule has 106 valence electrons. The van der Waals surface area contributed by atoms with Crippen LogP contribution in [-0.4, -0.2) is 17.7 Å². The van der Waals surface area contributed by atoms with Crippen LogP contribution in [-0.2, 0) is 6.54 Å². The summed E-state index contributed by atoms with van der Waals surface area (Å²) >= 11 is 1.61. The van der Waals surface area contributed by atoms with Gasteiger partial charge in [-0.25, -0.2) is 4.79 Å². The van der Waals surface area contributed by atoms with Crippen LogP contribution >= 0.6 is 11.3 Å². The summed E-state index contributed by atoms with van der Waals surface area (Å²) in [7, 11) is 0. The molecule has 0 fully saturated rings. The molecule has 1 aromatic carbocycles. The molecule has 0 saturated carbocycles. The SMILES string of the molecule is O=C(NCC[C@@H](O)c1ccccc1)NCc1cccs1. The summed E-state index contributed by atoms with van der Waals surface area (Å²) in [5.41, 5.74) is 0.869. The van der Waals surface area contributed by atoms with E-state index in [0.717, 1.165) is 10.4 Å². The first-order valence-corrected chi connectivity index (χ1v) is 7.41. The van der Waals surface area contributed by atoms with Crippen LogP contribution in [0.15, 0.2) is 47.8 Å². The molecule has 0 aliphatic rings. The normalized spacial score (nSPS) is 11.8. The van der Waals surface area contributed by atoms with Gasteiger partial charge in [-0.05, 0) is 23.4 Å². The lowest BCUT2D eigenvalue weighted by Crippen LogP contribution is -2.35. The molecule has 2 amide bonds. The monoisotopic (exact) mass is 290 g/mol. The third-order valence-electron chi connectivity index (χ3n) is 2.89. The van der Waals surface area contributed by atoms with E-state index in [1.807, 2.05) is 47.8 Å². The van der Waals surface area contributed by atoms with Gasteiger partial charge in [0, 0.05) is 11.4 Å². The Labute approximate surface area is 122 Å². The van der Waals surface area contributed by atoms with Crippen LogP contribution in [0.25, 0.3) is 0 Å². The fraction of sp³-hybridized carbons (Fsp3) is 0.267. The highest BCUT2D eigenvalue weighted by Crippen LogP contribution is 2.14. The predicted octanol–water partition coefficient (Wildman–Crippen LogP) is 2.67. The third-order valence-corrected chi connectivity index (χ3v) is 3.77. The Morgan fingerprint density at radius 3 is 2.65 bits per heavy atom. The van der Waals surface area contributed by atoms with Crippen molar-refractivity contribution in [3.63, 3.8) is 0 Å². The minimum Gasteiger partial charge on any atom is -0.388 e. The molecular weight excluding hydrogens is 272 g/mol. The summed E-state index contributed by atoms with van der Waals surface area (Å²) in [6.45, 7) is 0.969. The van der Waals surface area contributed by atoms with Crippen LogP contribution in [0, 0.1) is 0 Å². The standard InChI is InChI=1S/C15H18N2O2S/c18-14(12-5-2-1-3-6-12)8-9-16-15(19)17-11-13-7-4-10-20-13/h1-7,10,14,18H,8-9,11H2,(H2,16,17,19)/t14-/m1/s1. The lowest BCUT2D eigenvalue weighted by molar-refractivity contribution is 0.167. The highest BCUT2D eigenvalue weighted by Gasteiger charge is 2.07. The molecule has 0 aliphatic carbocycles. The average molecular weight is 290 g/mol. The number of amides is 2. The minimum absolute atomic E-state index is 0.210. The third kappa shape index (κ3) is 4.68. The molecule has 5 heteroatoms. The van der Waals surface area contributed by atoms with Crippen LogP contribution in [0.2, 0.25) is 0 Å². The van der Waals surface area contributed by atoms with E-state index in [4.69, 9.17) is 0 Å². The summed E-state index contributed by atoms with van der Waals surface area (Å²) in [6.07, 6.45) is -0.0509. The summed E-state index contributed by atoms with van der Waals surface area (Å²) in [4.78, 5) is 12.7. The van der Waals surface area contributed by atoms with Crippen LogP contribution in [0.4, 0.5) is 4.79 Å². The quantitative estimate of drug-likeness (QED) is 0.766. The molecule has 0 bridgehead atoms. The summed E-state index contributed by atoms with van der Waals surface area (Å²) < 4.78 is 0. The first-order chi connectivity index (χ1) is 9.75. The second-order valence-corrected chi connectivity index (χ2v) is 5.44. The van der Waals surface area contributed by atoms with E-state index in [1.165, 1.54) is 0 Å². The van der Waals surface area contributed by atoms with Crippen molar-refractivity contribution >= 4 is 17.4 Å². The molecule has 1 atom stereocenters. The number of benzene rings is 1. The van der Waals surface area contributed by atoms with E-state index in [1.54, 1.807) is 11.3 Å². The smallest absolute Gasteiger partial charge is 0.315 e. The van der Waals surface area contributed by atoms with E-state index < -0.39 is 6.10 Å². The van der Waals surface area contributed by atoms with Crippen molar-refractivity contribution in [3.05, 3.63) is 58.3 Å². The number of nitrogens with one attached hydrogen (secondary N) is 2. The fourth-order valence-corrected chi connectivity index (χ4v) is 2.45. The van der Waals surface area contributed by atoms with Gasteiger partial charge in [0.1, 0.15) is 0 Å². The highest BCUT2D eigenvalue weighted by atomic mass is 32.1. The maximum atomic E-state index is 11.6. The first-order valence-electron chi connectivity index (χ1n) is 6.53. The van der Waals surface area contributed by atoms with Crippen LogP contribution in [0.5, 0.6) is 0 Å². The Morgan fingerprint density at radius 1 is 1.15 bits per heavy atom. The van der Waals surface area contributed by atoms with Crippen molar-refractivity contribution in [3.8, 4) is 0 Å². The van der Waals surface area contributed by atoms with Crippen molar-refractivity contribution < 1.29 is 9.90 Å². The Kier molecular flexibility index (Phi) is 5.58. The van der Waals surface area contributed by atoms with Crippen molar-refractivity contribution in [1.29, 1.82) is 0 Å². The van der Waals surface area contributed by atoms with Crippen molar-refractivity contribution in [2.24, 2.45) is 0 Å². The molecule has 0 radical (unpaired) electrons. The average Bonchev–Trinajstić information content (AvgIpc) is 2.99. The Bertz CT molecular complexity index is 514. The number of aliphatic hydroxyl groups is 1. The van der Waals surface area contributed by atoms with Gasteiger partial charge in [0.2, 0.25) is 0 Å². The molecule has 20 heavy (non-hydrogen) atoms. The lowest BCUT2D eigenvalue weighted by atomic mass is 10.1. The highest BCUT2D eigenvalue weighted by molar-refractivity contribution is 7.09. The van der Waals surface area contributed by atoms with Gasteiger partial charge in [-0.2, -0.15) is 0 Å². The molecule has 0 unspecified atom stereocenters. The second-order valence-electron chi connectivity index (χ2n) is 4.40. The van der Waals surface area contributed by atoms with Gasteiger partial charge in [0.15, 0.2) is 0 Å². The summed E-state index contributed by atoms with van der Waals surface area (Å²) in [6, 6.07) is 13.2. The maximum absolute atomic E-state index is 11.6. The van der Waals surface area contributed by atoms with Gasteiger partial charge in [-0.3, -0.25) is 0 Å².